The van der Waals surface area contributed by atoms with E-state index in [1.807, 2.05) is 6.07 Å². The maximum Gasteiger partial charge on any atom is 0.285 e. The first-order valence-corrected chi connectivity index (χ1v) is 5.51. The molecule has 0 aliphatic rings. The van der Waals surface area contributed by atoms with E-state index in [4.69, 9.17) is 20.8 Å². The number of aromatic amines is 1. The topological polar surface area (TPSA) is 68.1 Å². The van der Waals surface area contributed by atoms with Gasteiger partial charge in [-0.05, 0) is 18.2 Å². The summed E-state index contributed by atoms with van der Waals surface area (Å²) in [4.78, 5) is 11.6. The third-order valence-corrected chi connectivity index (χ3v) is 2.59. The highest BCUT2D eigenvalue weighted by atomic mass is 35.5. The molecule has 0 aliphatic carbocycles. The van der Waals surface area contributed by atoms with Crippen LogP contribution in [0.3, 0.4) is 0 Å². The smallest absolute Gasteiger partial charge is 0.285 e. The summed E-state index contributed by atoms with van der Waals surface area (Å²) < 4.78 is 10.7. The third-order valence-electron chi connectivity index (χ3n) is 2.40. The van der Waals surface area contributed by atoms with Crippen LogP contribution in [0.4, 0.5) is 0 Å². The number of rotatable bonds is 2. The van der Waals surface area contributed by atoms with E-state index in [0.717, 1.165) is 5.39 Å². The number of fused-ring (bicyclic) bond motifs is 1. The number of aromatic nitrogens is 2. The van der Waals surface area contributed by atoms with Gasteiger partial charge in [0, 0.05) is 6.07 Å². The van der Waals surface area contributed by atoms with Crippen molar-refractivity contribution in [3.8, 4) is 11.6 Å². The second-order valence-electron chi connectivity index (χ2n) is 3.58. The summed E-state index contributed by atoms with van der Waals surface area (Å²) in [7, 11) is 0. The Labute approximate surface area is 106 Å². The minimum Gasteiger partial charge on any atom is -0.464 e. The second-order valence-corrected chi connectivity index (χ2v) is 3.98. The fourth-order valence-corrected chi connectivity index (χ4v) is 1.74. The summed E-state index contributed by atoms with van der Waals surface area (Å²) in [5, 5.41) is 7.14. The summed E-state index contributed by atoms with van der Waals surface area (Å²) in [6, 6.07) is 8.27. The lowest BCUT2D eigenvalue weighted by atomic mass is 10.2. The molecule has 5 nitrogen and oxygen atoms in total. The number of nitrogens with zero attached hydrogens (tertiary/aromatic N) is 1. The third kappa shape index (κ3) is 1.84. The molecule has 1 N–H and O–H groups in total. The van der Waals surface area contributed by atoms with Crippen molar-refractivity contribution in [2.24, 2.45) is 0 Å². The van der Waals surface area contributed by atoms with Crippen LogP contribution in [0.5, 0.6) is 11.6 Å². The van der Waals surface area contributed by atoms with Gasteiger partial charge in [0.2, 0.25) is 5.43 Å². The van der Waals surface area contributed by atoms with Crippen LogP contribution in [0.25, 0.3) is 11.0 Å². The average molecular weight is 263 g/mol. The van der Waals surface area contributed by atoms with E-state index < -0.39 is 0 Å². The molecular weight excluding hydrogens is 256 g/mol. The number of ether oxygens (including phenoxy) is 1. The maximum absolute atomic E-state index is 11.6. The van der Waals surface area contributed by atoms with Crippen LogP contribution in [-0.4, -0.2) is 10.2 Å². The van der Waals surface area contributed by atoms with Gasteiger partial charge in [0.1, 0.15) is 16.5 Å². The molecule has 0 radical (unpaired) electrons. The lowest BCUT2D eigenvalue weighted by Gasteiger charge is -2.04. The zero-order valence-corrected chi connectivity index (χ0v) is 9.77. The maximum atomic E-state index is 11.6. The molecule has 0 fully saturated rings. The summed E-state index contributed by atoms with van der Waals surface area (Å²) in [6.07, 6.45) is 1.55. The molecule has 90 valence electrons. The number of nitrogens with one attached hydrogen (secondary N) is 1. The average Bonchev–Trinajstić information content (AvgIpc) is 2.82. The highest BCUT2D eigenvalue weighted by Gasteiger charge is 2.09. The van der Waals surface area contributed by atoms with E-state index in [2.05, 4.69) is 10.2 Å². The van der Waals surface area contributed by atoms with Crippen molar-refractivity contribution in [1.29, 1.82) is 0 Å². The minimum absolute atomic E-state index is 0.0619. The highest BCUT2D eigenvalue weighted by Crippen LogP contribution is 2.28. The van der Waals surface area contributed by atoms with E-state index >= 15 is 0 Å². The molecule has 1 aromatic carbocycles. The van der Waals surface area contributed by atoms with E-state index in [0.29, 0.717) is 11.3 Å². The van der Waals surface area contributed by atoms with Crippen molar-refractivity contribution in [2.45, 2.75) is 0 Å². The molecule has 0 amide bonds. The van der Waals surface area contributed by atoms with Gasteiger partial charge < -0.3 is 9.15 Å². The van der Waals surface area contributed by atoms with Gasteiger partial charge in [0.05, 0.1) is 11.6 Å². The van der Waals surface area contributed by atoms with Crippen LogP contribution in [0.1, 0.15) is 0 Å². The van der Waals surface area contributed by atoms with E-state index in [1.165, 1.54) is 6.07 Å². The van der Waals surface area contributed by atoms with Crippen LogP contribution in [0, 0.1) is 0 Å². The monoisotopic (exact) mass is 262 g/mol. The van der Waals surface area contributed by atoms with Crippen LogP contribution in [0.15, 0.2) is 45.8 Å². The number of furan rings is 1. The Morgan fingerprint density at radius 2 is 2.22 bits per heavy atom. The first-order valence-electron chi connectivity index (χ1n) is 5.13. The Morgan fingerprint density at radius 3 is 3.06 bits per heavy atom. The number of halogens is 1. The Hall–Kier alpha value is -2.27. The Balaban J connectivity index is 2.06. The predicted octanol–water partition coefficient (Wildman–Crippen LogP) is 2.96. The molecule has 3 aromatic rings. The van der Waals surface area contributed by atoms with Crippen molar-refractivity contribution in [1.82, 2.24) is 10.2 Å². The van der Waals surface area contributed by atoms with Crippen molar-refractivity contribution < 1.29 is 9.15 Å². The van der Waals surface area contributed by atoms with Crippen molar-refractivity contribution >= 4 is 22.6 Å². The molecule has 0 bridgehead atoms. The largest absolute Gasteiger partial charge is 0.464 e. The first kappa shape index (κ1) is 10.9. The summed E-state index contributed by atoms with van der Waals surface area (Å²) in [6.45, 7) is 0. The van der Waals surface area contributed by atoms with Crippen LogP contribution < -0.4 is 10.2 Å². The summed E-state index contributed by atoms with van der Waals surface area (Å²) in [5.74, 6) is 0.440. The van der Waals surface area contributed by atoms with Gasteiger partial charge in [0.15, 0.2) is 0 Å². The molecule has 2 heterocycles. The molecule has 0 unspecified atom stereocenters. The Morgan fingerprint density at radius 1 is 1.33 bits per heavy atom. The molecule has 3 rings (SSSR count). The van der Waals surface area contributed by atoms with Gasteiger partial charge in [-0.25, -0.2) is 0 Å². The minimum atomic E-state index is -0.390. The fourth-order valence-electron chi connectivity index (χ4n) is 1.60. The summed E-state index contributed by atoms with van der Waals surface area (Å²) in [5.41, 5.74) is 0.289. The summed E-state index contributed by atoms with van der Waals surface area (Å²) >= 11 is 5.61. The highest BCUT2D eigenvalue weighted by molar-refractivity contribution is 6.29. The molecular formula is C12H7ClN2O3. The van der Waals surface area contributed by atoms with Gasteiger partial charge in [-0.15, -0.1) is 5.10 Å². The number of hydrogen-bond donors (Lipinski definition) is 1. The second kappa shape index (κ2) is 4.19. The lowest BCUT2D eigenvalue weighted by molar-refractivity contribution is 0.455. The fraction of sp³-hybridized carbons (Fsp3) is 0. The number of benzene rings is 1. The van der Waals surface area contributed by atoms with E-state index in [1.54, 1.807) is 24.5 Å². The number of hydrogen-bond acceptors (Lipinski definition) is 4. The number of H-pyrrole nitrogens is 1. The van der Waals surface area contributed by atoms with Crippen LogP contribution in [0.2, 0.25) is 5.15 Å². The van der Waals surface area contributed by atoms with Gasteiger partial charge in [-0.1, -0.05) is 17.7 Å². The van der Waals surface area contributed by atoms with E-state index in [-0.39, 0.29) is 16.5 Å². The standard InChI is InChI=1S/C12H7ClN2O3/c13-11-6-8(16)12(15-14-11)18-10-3-1-2-9-7(10)4-5-17-9/h1-6H,(H,14,16). The Kier molecular flexibility index (Phi) is 2.53. The van der Waals surface area contributed by atoms with Gasteiger partial charge >= 0.3 is 0 Å². The lowest BCUT2D eigenvalue weighted by Crippen LogP contribution is -2.07. The van der Waals surface area contributed by atoms with Crippen molar-refractivity contribution in [3.63, 3.8) is 0 Å². The molecule has 0 spiro atoms. The van der Waals surface area contributed by atoms with Gasteiger partial charge in [-0.3, -0.25) is 9.89 Å². The molecule has 2 aromatic heterocycles. The van der Waals surface area contributed by atoms with Crippen LogP contribution >= 0.6 is 11.6 Å². The predicted molar refractivity (Wildman–Crippen MR) is 66.2 cm³/mol. The van der Waals surface area contributed by atoms with Crippen molar-refractivity contribution in [3.05, 3.63) is 52.0 Å². The SMILES string of the molecule is O=c1cc(Cl)[nH]nc1Oc1cccc2occc12. The molecule has 6 heteroatoms. The van der Waals surface area contributed by atoms with Gasteiger partial charge in [0.25, 0.3) is 5.88 Å². The molecule has 0 aliphatic heterocycles. The molecule has 0 atom stereocenters. The molecule has 0 saturated carbocycles. The van der Waals surface area contributed by atoms with Crippen molar-refractivity contribution in [2.75, 3.05) is 0 Å². The van der Waals surface area contributed by atoms with Crippen LogP contribution in [-0.2, 0) is 0 Å². The zero-order valence-electron chi connectivity index (χ0n) is 9.01. The molecule has 18 heavy (non-hydrogen) atoms. The van der Waals surface area contributed by atoms with Gasteiger partial charge in [-0.2, -0.15) is 0 Å². The quantitative estimate of drug-likeness (QED) is 0.771. The normalized spacial score (nSPS) is 10.7. The zero-order chi connectivity index (χ0) is 12.5. The molecule has 0 saturated heterocycles. The Bertz CT molecular complexity index is 763. The first-order chi connectivity index (χ1) is 8.74. The van der Waals surface area contributed by atoms with E-state index in [9.17, 15) is 4.79 Å².